The number of aromatic amines is 1. The van der Waals surface area contributed by atoms with Crippen molar-refractivity contribution in [2.75, 3.05) is 11.1 Å². The molecule has 1 aromatic heterocycles. The van der Waals surface area contributed by atoms with E-state index in [4.69, 9.17) is 4.52 Å². The number of hydrogen-bond donors (Lipinski definition) is 2. The molecule has 3 rings (SSSR count). The molecule has 0 bridgehead atoms. The Bertz CT molecular complexity index is 1040. The van der Waals surface area contributed by atoms with Gasteiger partial charge in [-0.3, -0.25) is 9.32 Å². The Morgan fingerprint density at radius 2 is 1.75 bits per heavy atom. The maximum atomic E-state index is 13.6. The first kappa shape index (κ1) is 19.7. The third-order valence-corrected chi connectivity index (χ3v) is 4.60. The van der Waals surface area contributed by atoms with Crippen LogP contribution in [0.4, 0.5) is 23.2 Å². The van der Waals surface area contributed by atoms with Crippen molar-refractivity contribution in [2.24, 2.45) is 0 Å². The zero-order valence-corrected chi connectivity index (χ0v) is 14.8. The molecule has 146 valence electrons. The Morgan fingerprint density at radius 3 is 2.39 bits per heavy atom. The number of hydrogen-bond acceptors (Lipinski definition) is 4. The van der Waals surface area contributed by atoms with Crippen molar-refractivity contribution in [3.05, 3.63) is 70.1 Å². The summed E-state index contributed by atoms with van der Waals surface area (Å²) in [5.74, 6) is -7.51. The molecule has 0 aliphatic rings. The number of H-pyrrole nitrogens is 1. The van der Waals surface area contributed by atoms with E-state index in [-0.39, 0.29) is 23.3 Å². The number of nitrogens with one attached hydrogen (secondary N) is 2. The van der Waals surface area contributed by atoms with Crippen LogP contribution in [0.5, 0.6) is 0 Å². The third kappa shape index (κ3) is 4.09. The van der Waals surface area contributed by atoms with Crippen molar-refractivity contribution in [3.8, 4) is 5.69 Å². The van der Waals surface area contributed by atoms with Gasteiger partial charge in [0, 0.05) is 30.4 Å². The van der Waals surface area contributed by atoms with E-state index in [0.29, 0.717) is 5.69 Å². The topological polar surface area (TPSA) is 79.0 Å². The average molecular weight is 414 g/mol. The standard InChI is InChI=1S/C17H11F4N3O3S/c18-10-8-11(19)14(21)15(13(10)20)22-12(25)6-7-28-16-17(26)27-23-24(16)9-4-2-1-3-5-9/h1-5,8H,6-7H2,(H-,22,23,25,26)/p+1. The maximum absolute atomic E-state index is 13.6. The normalized spacial score (nSPS) is 10.9. The summed E-state index contributed by atoms with van der Waals surface area (Å²) >= 11 is 0.958. The molecule has 0 saturated carbocycles. The van der Waals surface area contributed by atoms with Crippen LogP contribution in [0.25, 0.3) is 5.69 Å². The summed E-state index contributed by atoms with van der Waals surface area (Å²) in [7, 11) is 0. The van der Waals surface area contributed by atoms with Gasteiger partial charge in [0.15, 0.2) is 23.3 Å². The lowest BCUT2D eigenvalue weighted by molar-refractivity contribution is -0.704. The zero-order chi connectivity index (χ0) is 20.3. The second kappa shape index (κ2) is 8.30. The molecule has 2 aromatic carbocycles. The highest BCUT2D eigenvalue weighted by Gasteiger charge is 2.25. The molecule has 3 aromatic rings. The zero-order valence-electron chi connectivity index (χ0n) is 14.0. The fourth-order valence-electron chi connectivity index (χ4n) is 2.26. The van der Waals surface area contributed by atoms with Gasteiger partial charge in [0.1, 0.15) is 5.69 Å². The van der Waals surface area contributed by atoms with Crippen LogP contribution in [-0.2, 0) is 4.79 Å². The van der Waals surface area contributed by atoms with Gasteiger partial charge in [0.25, 0.3) is 0 Å². The van der Waals surface area contributed by atoms with E-state index in [1.54, 1.807) is 35.6 Å². The van der Waals surface area contributed by atoms with Crippen LogP contribution in [-0.4, -0.2) is 16.9 Å². The number of para-hydroxylation sites is 1. The number of nitrogens with zero attached hydrogens (tertiary/aromatic N) is 1. The summed E-state index contributed by atoms with van der Waals surface area (Å²) < 4.78 is 59.6. The number of aromatic nitrogens is 2. The number of rotatable bonds is 6. The minimum Gasteiger partial charge on any atom is -0.321 e. The molecule has 0 saturated heterocycles. The summed E-state index contributed by atoms with van der Waals surface area (Å²) in [5.41, 5.74) is -1.26. The van der Waals surface area contributed by atoms with Crippen LogP contribution in [0, 0.1) is 23.3 Å². The number of carbonyl (C=O) groups is 1. The van der Waals surface area contributed by atoms with E-state index in [0.717, 1.165) is 11.8 Å². The van der Waals surface area contributed by atoms with Crippen molar-refractivity contribution in [3.63, 3.8) is 0 Å². The maximum Gasteiger partial charge on any atom is 0.442 e. The van der Waals surface area contributed by atoms with Gasteiger partial charge in [0.2, 0.25) is 11.6 Å². The summed E-state index contributed by atoms with van der Waals surface area (Å²) in [4.78, 5) is 23.7. The van der Waals surface area contributed by atoms with Crippen molar-refractivity contribution < 1.29 is 31.6 Å². The Labute approximate surface area is 159 Å². The lowest BCUT2D eigenvalue weighted by Crippen LogP contribution is -2.36. The van der Waals surface area contributed by atoms with Crippen LogP contribution < -0.4 is 15.6 Å². The highest BCUT2D eigenvalue weighted by molar-refractivity contribution is 7.99. The summed E-state index contributed by atoms with van der Waals surface area (Å²) in [6.07, 6.45) is -0.291. The number of amides is 1. The van der Waals surface area contributed by atoms with Crippen LogP contribution in [0.3, 0.4) is 0 Å². The second-order valence-electron chi connectivity index (χ2n) is 5.45. The number of benzene rings is 2. The summed E-state index contributed by atoms with van der Waals surface area (Å²) in [6.45, 7) is 0. The summed E-state index contributed by atoms with van der Waals surface area (Å²) in [5, 5.41) is 4.37. The van der Waals surface area contributed by atoms with Crippen LogP contribution in [0.1, 0.15) is 6.42 Å². The van der Waals surface area contributed by atoms with E-state index >= 15 is 0 Å². The van der Waals surface area contributed by atoms with E-state index in [9.17, 15) is 27.2 Å². The predicted octanol–water partition coefficient (Wildman–Crippen LogP) is 2.92. The molecule has 0 aliphatic heterocycles. The molecule has 28 heavy (non-hydrogen) atoms. The van der Waals surface area contributed by atoms with E-state index in [1.165, 1.54) is 4.68 Å². The second-order valence-corrected chi connectivity index (χ2v) is 6.53. The van der Waals surface area contributed by atoms with Gasteiger partial charge >= 0.3 is 10.7 Å². The largest absolute Gasteiger partial charge is 0.442 e. The molecule has 0 fully saturated rings. The molecule has 0 unspecified atom stereocenters. The van der Waals surface area contributed by atoms with Crippen molar-refractivity contribution >= 4 is 23.4 Å². The molecular weight excluding hydrogens is 402 g/mol. The van der Waals surface area contributed by atoms with Crippen molar-refractivity contribution in [1.29, 1.82) is 0 Å². The quantitative estimate of drug-likeness (QED) is 0.281. The molecule has 0 aliphatic carbocycles. The first-order valence-electron chi connectivity index (χ1n) is 7.83. The summed E-state index contributed by atoms with van der Waals surface area (Å²) in [6, 6.07) is 8.75. The minimum absolute atomic E-state index is 0.0301. The highest BCUT2D eigenvalue weighted by atomic mass is 32.2. The van der Waals surface area contributed by atoms with E-state index in [2.05, 4.69) is 5.27 Å². The molecule has 0 radical (unpaired) electrons. The fourth-order valence-corrected chi connectivity index (χ4v) is 3.17. The van der Waals surface area contributed by atoms with Gasteiger partial charge in [0.05, 0.1) is 0 Å². The van der Waals surface area contributed by atoms with Gasteiger partial charge in [-0.2, -0.15) is 0 Å². The van der Waals surface area contributed by atoms with Crippen molar-refractivity contribution in [1.82, 2.24) is 5.27 Å². The molecule has 0 atom stereocenters. The first-order valence-corrected chi connectivity index (χ1v) is 8.81. The number of thioether (sulfide) groups is 1. The minimum atomic E-state index is -1.70. The molecule has 1 amide bonds. The number of anilines is 1. The number of halogens is 4. The van der Waals surface area contributed by atoms with Gasteiger partial charge < -0.3 is 5.32 Å². The van der Waals surface area contributed by atoms with Crippen molar-refractivity contribution in [2.45, 2.75) is 11.4 Å². The fraction of sp³-hybridized carbons (Fsp3) is 0.118. The number of carbonyl (C=O) groups excluding carboxylic acids is 1. The Balaban J connectivity index is 1.67. The average Bonchev–Trinajstić information content (AvgIpc) is 3.05. The molecule has 2 N–H and O–H groups in total. The van der Waals surface area contributed by atoms with Crippen LogP contribution in [0.2, 0.25) is 0 Å². The van der Waals surface area contributed by atoms with Gasteiger partial charge in [-0.1, -0.05) is 18.2 Å². The lowest BCUT2D eigenvalue weighted by Gasteiger charge is -2.08. The van der Waals surface area contributed by atoms with Crippen LogP contribution in [0.15, 0.2) is 50.7 Å². The van der Waals surface area contributed by atoms with Gasteiger partial charge in [-0.25, -0.2) is 22.4 Å². The molecule has 1 heterocycles. The lowest BCUT2D eigenvalue weighted by atomic mass is 10.2. The van der Waals surface area contributed by atoms with E-state index in [1.807, 2.05) is 0 Å². The molecule has 0 spiro atoms. The highest BCUT2D eigenvalue weighted by Crippen LogP contribution is 2.24. The molecular formula is C17H12F4N3O3S+. The molecule has 11 heteroatoms. The molecule has 6 nitrogen and oxygen atoms in total. The predicted molar refractivity (Wildman–Crippen MR) is 91.1 cm³/mol. The van der Waals surface area contributed by atoms with Gasteiger partial charge in [-0.05, 0) is 21.7 Å². The monoisotopic (exact) mass is 414 g/mol. The Hall–Kier alpha value is -3.08. The van der Waals surface area contributed by atoms with Crippen LogP contribution >= 0.6 is 11.8 Å². The Morgan fingerprint density at radius 1 is 1.11 bits per heavy atom. The van der Waals surface area contributed by atoms with Gasteiger partial charge in [-0.15, -0.1) is 0 Å². The smallest absolute Gasteiger partial charge is 0.321 e. The van der Waals surface area contributed by atoms with E-state index < -0.39 is 40.5 Å². The Kier molecular flexibility index (Phi) is 5.83. The third-order valence-electron chi connectivity index (χ3n) is 3.57. The first-order chi connectivity index (χ1) is 13.4. The SMILES string of the molecule is O=C(CCSc1c(=O)o[nH][n+]1-c1ccccc1)Nc1c(F)c(F)cc(F)c1F.